The summed E-state index contributed by atoms with van der Waals surface area (Å²) in [5, 5.41) is 0. The molecule has 0 amide bonds. The van der Waals surface area contributed by atoms with E-state index in [4.69, 9.17) is 9.47 Å². The summed E-state index contributed by atoms with van der Waals surface area (Å²) in [5.41, 5.74) is 0.566. The summed E-state index contributed by atoms with van der Waals surface area (Å²) in [5.74, 6) is 1.20. The molecule has 5 nitrogen and oxygen atoms in total. The van der Waals surface area contributed by atoms with Crippen molar-refractivity contribution >= 4 is 15.7 Å². The first-order valence-electron chi connectivity index (χ1n) is 6.95. The fourth-order valence-electron chi connectivity index (χ4n) is 2.45. The Balaban J connectivity index is 2.05. The van der Waals surface area contributed by atoms with Crippen LogP contribution in [0.25, 0.3) is 0 Å². The van der Waals surface area contributed by atoms with E-state index in [1.54, 1.807) is 49.6 Å². The minimum atomic E-state index is -3.64. The van der Waals surface area contributed by atoms with Gasteiger partial charge in [-0.15, -0.1) is 0 Å². The molecule has 1 aliphatic rings. The summed E-state index contributed by atoms with van der Waals surface area (Å²) in [6.07, 6.45) is -0.206. The van der Waals surface area contributed by atoms with Crippen LogP contribution < -0.4 is 13.8 Å². The molecule has 0 N–H and O–H groups in total. The van der Waals surface area contributed by atoms with Crippen LogP contribution in [-0.2, 0) is 10.0 Å². The predicted molar refractivity (Wildman–Crippen MR) is 84.1 cm³/mol. The van der Waals surface area contributed by atoms with Crippen LogP contribution in [0.2, 0.25) is 0 Å². The molecule has 0 bridgehead atoms. The molecule has 0 aromatic heterocycles. The highest BCUT2D eigenvalue weighted by Gasteiger charge is 2.32. The summed E-state index contributed by atoms with van der Waals surface area (Å²) in [6, 6.07) is 13.5. The quantitative estimate of drug-likeness (QED) is 0.873. The van der Waals surface area contributed by atoms with Crippen LogP contribution in [0.4, 0.5) is 5.69 Å². The van der Waals surface area contributed by atoms with Gasteiger partial charge in [-0.25, -0.2) is 8.42 Å². The van der Waals surface area contributed by atoms with E-state index < -0.39 is 10.0 Å². The van der Waals surface area contributed by atoms with Crippen LogP contribution in [0.3, 0.4) is 0 Å². The van der Waals surface area contributed by atoms with Crippen LogP contribution >= 0.6 is 0 Å². The second kappa shape index (κ2) is 5.53. The number of para-hydroxylation sites is 2. The van der Waals surface area contributed by atoms with Gasteiger partial charge < -0.3 is 9.47 Å². The number of benzene rings is 2. The summed E-state index contributed by atoms with van der Waals surface area (Å²) < 4.78 is 38.0. The van der Waals surface area contributed by atoms with Crippen LogP contribution in [0.5, 0.6) is 11.5 Å². The second-order valence-corrected chi connectivity index (χ2v) is 6.97. The molecule has 22 heavy (non-hydrogen) atoms. The average molecular weight is 319 g/mol. The van der Waals surface area contributed by atoms with E-state index in [0.29, 0.717) is 17.2 Å². The molecule has 2 aromatic rings. The Morgan fingerprint density at radius 1 is 1.14 bits per heavy atom. The molecule has 3 rings (SSSR count). The van der Waals surface area contributed by atoms with Crippen molar-refractivity contribution in [3.63, 3.8) is 0 Å². The molecule has 0 fully saturated rings. The largest absolute Gasteiger partial charge is 0.497 e. The number of fused-ring (bicyclic) bond motifs is 1. The Kier molecular flexibility index (Phi) is 3.70. The van der Waals surface area contributed by atoms with Crippen LogP contribution in [0.15, 0.2) is 53.4 Å². The lowest BCUT2D eigenvalue weighted by Crippen LogP contribution is -2.42. The number of hydrogen-bond donors (Lipinski definition) is 0. The number of sulfonamides is 1. The number of hydrogen-bond acceptors (Lipinski definition) is 4. The monoisotopic (exact) mass is 319 g/mol. The van der Waals surface area contributed by atoms with Gasteiger partial charge in [-0.1, -0.05) is 12.1 Å². The standard InChI is InChI=1S/C16H17NO4S/c1-12-11-17(15-5-3-4-6-16(15)21-12)22(18,19)14-9-7-13(20-2)8-10-14/h3-10,12H,11H2,1-2H3. The molecule has 6 heteroatoms. The van der Waals surface area contributed by atoms with Crippen molar-refractivity contribution < 1.29 is 17.9 Å². The number of nitrogens with zero attached hydrogens (tertiary/aromatic N) is 1. The van der Waals surface area contributed by atoms with E-state index in [0.717, 1.165) is 0 Å². The van der Waals surface area contributed by atoms with E-state index in [9.17, 15) is 8.42 Å². The van der Waals surface area contributed by atoms with Gasteiger partial charge in [0.2, 0.25) is 0 Å². The minimum absolute atomic E-state index is 0.206. The van der Waals surface area contributed by atoms with Gasteiger partial charge in [0.25, 0.3) is 10.0 Å². The summed E-state index contributed by atoms with van der Waals surface area (Å²) in [6.45, 7) is 2.14. The maximum atomic E-state index is 12.9. The van der Waals surface area contributed by atoms with E-state index in [-0.39, 0.29) is 17.5 Å². The molecule has 0 aliphatic carbocycles. The van der Waals surface area contributed by atoms with Crippen LogP contribution in [0.1, 0.15) is 6.92 Å². The molecule has 0 spiro atoms. The molecule has 0 saturated carbocycles. The van der Waals surface area contributed by atoms with Crippen LogP contribution in [-0.4, -0.2) is 28.2 Å². The van der Waals surface area contributed by atoms with Gasteiger partial charge >= 0.3 is 0 Å². The third-order valence-corrected chi connectivity index (χ3v) is 5.33. The lowest BCUT2D eigenvalue weighted by Gasteiger charge is -2.34. The van der Waals surface area contributed by atoms with Crippen molar-refractivity contribution in [2.24, 2.45) is 0 Å². The Morgan fingerprint density at radius 2 is 1.82 bits per heavy atom. The normalized spacial score (nSPS) is 17.5. The zero-order valence-electron chi connectivity index (χ0n) is 12.4. The van der Waals surface area contributed by atoms with E-state index in [1.807, 2.05) is 13.0 Å². The molecule has 0 radical (unpaired) electrons. The highest BCUT2D eigenvalue weighted by Crippen LogP contribution is 2.36. The van der Waals surface area contributed by atoms with Gasteiger partial charge in [0, 0.05) is 0 Å². The molecule has 1 unspecified atom stereocenters. The fraction of sp³-hybridized carbons (Fsp3) is 0.250. The Labute approximate surface area is 130 Å². The summed E-state index contributed by atoms with van der Waals surface area (Å²) in [4.78, 5) is 0.234. The molecule has 1 heterocycles. The van der Waals surface area contributed by atoms with Gasteiger partial charge in [0.15, 0.2) is 0 Å². The fourth-order valence-corrected chi connectivity index (χ4v) is 4.00. The lowest BCUT2D eigenvalue weighted by molar-refractivity contribution is 0.219. The van der Waals surface area contributed by atoms with Crippen LogP contribution in [0, 0.1) is 0 Å². The topological polar surface area (TPSA) is 55.8 Å². The van der Waals surface area contributed by atoms with Gasteiger partial charge in [0.05, 0.1) is 24.2 Å². The highest BCUT2D eigenvalue weighted by atomic mass is 32.2. The molecule has 1 aliphatic heterocycles. The second-order valence-electron chi connectivity index (χ2n) is 5.11. The molecule has 2 aromatic carbocycles. The minimum Gasteiger partial charge on any atom is -0.497 e. The Hall–Kier alpha value is -2.21. The number of rotatable bonds is 3. The molecule has 1 atom stereocenters. The smallest absolute Gasteiger partial charge is 0.264 e. The maximum Gasteiger partial charge on any atom is 0.264 e. The van der Waals surface area contributed by atoms with Crippen molar-refractivity contribution in [2.75, 3.05) is 18.0 Å². The summed E-state index contributed by atoms with van der Waals surface area (Å²) in [7, 11) is -2.09. The number of methoxy groups -OCH3 is 1. The van der Waals surface area contributed by atoms with Crippen molar-refractivity contribution in [1.82, 2.24) is 0 Å². The van der Waals surface area contributed by atoms with Crippen molar-refractivity contribution in [3.05, 3.63) is 48.5 Å². The lowest BCUT2D eigenvalue weighted by atomic mass is 10.2. The van der Waals surface area contributed by atoms with Gasteiger partial charge in [-0.3, -0.25) is 4.31 Å². The summed E-state index contributed by atoms with van der Waals surface area (Å²) >= 11 is 0. The van der Waals surface area contributed by atoms with Crippen molar-refractivity contribution in [3.8, 4) is 11.5 Å². The van der Waals surface area contributed by atoms with Crippen molar-refractivity contribution in [2.45, 2.75) is 17.9 Å². The SMILES string of the molecule is COc1ccc(S(=O)(=O)N2CC(C)Oc3ccccc32)cc1. The van der Waals surface area contributed by atoms with Gasteiger partial charge in [0.1, 0.15) is 17.6 Å². The maximum absolute atomic E-state index is 12.9. The molecule has 0 saturated heterocycles. The first kappa shape index (κ1) is 14.7. The van der Waals surface area contributed by atoms with Crippen molar-refractivity contribution in [1.29, 1.82) is 0 Å². The Morgan fingerprint density at radius 3 is 2.50 bits per heavy atom. The van der Waals surface area contributed by atoms with E-state index in [2.05, 4.69) is 0 Å². The van der Waals surface area contributed by atoms with Gasteiger partial charge in [-0.2, -0.15) is 0 Å². The Bertz CT molecular complexity index is 771. The average Bonchev–Trinajstić information content (AvgIpc) is 2.54. The number of anilines is 1. The highest BCUT2D eigenvalue weighted by molar-refractivity contribution is 7.92. The molecular weight excluding hydrogens is 302 g/mol. The number of ether oxygens (including phenoxy) is 2. The first-order valence-corrected chi connectivity index (χ1v) is 8.39. The van der Waals surface area contributed by atoms with E-state index >= 15 is 0 Å². The van der Waals surface area contributed by atoms with E-state index in [1.165, 1.54) is 4.31 Å². The zero-order chi connectivity index (χ0) is 15.7. The molecule has 116 valence electrons. The zero-order valence-corrected chi connectivity index (χ0v) is 13.2. The molecular formula is C16H17NO4S. The predicted octanol–water partition coefficient (Wildman–Crippen LogP) is 2.67. The van der Waals surface area contributed by atoms with Gasteiger partial charge in [-0.05, 0) is 43.3 Å². The third-order valence-electron chi connectivity index (χ3n) is 3.53. The third kappa shape index (κ3) is 2.50. The first-order chi connectivity index (χ1) is 10.5.